The van der Waals surface area contributed by atoms with Crippen LogP contribution in [0.2, 0.25) is 0 Å². The minimum atomic E-state index is -0.721. The van der Waals surface area contributed by atoms with Crippen LogP contribution in [0.5, 0.6) is 5.75 Å². The molecule has 2 aromatic rings. The van der Waals surface area contributed by atoms with Gasteiger partial charge >= 0.3 is 6.09 Å². The first-order valence-corrected chi connectivity index (χ1v) is 8.95. The number of hydrogen-bond donors (Lipinski definition) is 2. The first-order chi connectivity index (χ1) is 12.6. The molecule has 2 aromatic carbocycles. The maximum absolute atomic E-state index is 11.8. The lowest BCUT2D eigenvalue weighted by molar-refractivity contribution is 0.125. The van der Waals surface area contributed by atoms with E-state index in [2.05, 4.69) is 12.2 Å². The van der Waals surface area contributed by atoms with E-state index < -0.39 is 12.2 Å². The van der Waals surface area contributed by atoms with Crippen LogP contribution in [-0.4, -0.2) is 30.0 Å². The standard InChI is InChI=1S/C21H27NO4/c1-3-16(2)26-20-12-8-7-11-18(20)13-19(23)14-22-21(24)25-15-17-9-5-4-6-10-17/h4-12,16,19,23H,3,13-15H2,1-2H3,(H,22,24). The van der Waals surface area contributed by atoms with Crippen LogP contribution in [0.15, 0.2) is 54.6 Å². The number of amides is 1. The van der Waals surface area contributed by atoms with Crippen LogP contribution in [0.25, 0.3) is 0 Å². The second kappa shape index (κ2) is 10.5. The molecule has 1 amide bonds. The third-order valence-electron chi connectivity index (χ3n) is 4.03. The molecular weight excluding hydrogens is 330 g/mol. The lowest BCUT2D eigenvalue weighted by Crippen LogP contribution is -2.33. The van der Waals surface area contributed by atoms with Gasteiger partial charge in [0.05, 0.1) is 12.2 Å². The van der Waals surface area contributed by atoms with Gasteiger partial charge in [0.25, 0.3) is 0 Å². The van der Waals surface area contributed by atoms with Crippen LogP contribution in [0.4, 0.5) is 4.79 Å². The van der Waals surface area contributed by atoms with Gasteiger partial charge in [0, 0.05) is 13.0 Å². The Kier molecular flexibility index (Phi) is 7.96. The Labute approximate surface area is 155 Å². The van der Waals surface area contributed by atoms with Crippen molar-refractivity contribution in [2.75, 3.05) is 6.54 Å². The summed E-state index contributed by atoms with van der Waals surface area (Å²) in [6.45, 7) is 4.39. The number of carbonyl (C=O) groups excluding carboxylic acids is 1. The topological polar surface area (TPSA) is 67.8 Å². The highest BCUT2D eigenvalue weighted by Gasteiger charge is 2.13. The zero-order valence-electron chi connectivity index (χ0n) is 15.4. The fourth-order valence-corrected chi connectivity index (χ4v) is 2.39. The summed E-state index contributed by atoms with van der Waals surface area (Å²) in [6, 6.07) is 17.1. The van der Waals surface area contributed by atoms with Crippen LogP contribution in [0, 0.1) is 0 Å². The second-order valence-electron chi connectivity index (χ2n) is 6.25. The van der Waals surface area contributed by atoms with E-state index in [-0.39, 0.29) is 19.3 Å². The number of aliphatic hydroxyl groups is 1. The van der Waals surface area contributed by atoms with E-state index in [1.165, 1.54) is 0 Å². The largest absolute Gasteiger partial charge is 0.490 e. The predicted molar refractivity (Wildman–Crippen MR) is 101 cm³/mol. The average Bonchev–Trinajstić information content (AvgIpc) is 2.67. The van der Waals surface area contributed by atoms with Crippen molar-refractivity contribution in [1.29, 1.82) is 0 Å². The van der Waals surface area contributed by atoms with Gasteiger partial charge in [-0.2, -0.15) is 0 Å². The first-order valence-electron chi connectivity index (χ1n) is 8.95. The fourth-order valence-electron chi connectivity index (χ4n) is 2.39. The summed E-state index contributed by atoms with van der Waals surface area (Å²) in [6.07, 6.45) is 0.148. The summed E-state index contributed by atoms with van der Waals surface area (Å²) in [5, 5.41) is 12.8. The maximum atomic E-state index is 11.8. The smallest absolute Gasteiger partial charge is 0.407 e. The Morgan fingerprint density at radius 1 is 1.12 bits per heavy atom. The molecule has 0 saturated carbocycles. The molecule has 140 valence electrons. The van der Waals surface area contributed by atoms with Gasteiger partial charge in [-0.05, 0) is 30.5 Å². The number of para-hydroxylation sites is 1. The molecule has 2 atom stereocenters. The lowest BCUT2D eigenvalue weighted by atomic mass is 10.1. The average molecular weight is 357 g/mol. The molecule has 26 heavy (non-hydrogen) atoms. The normalized spacial score (nSPS) is 12.9. The van der Waals surface area contributed by atoms with E-state index in [0.717, 1.165) is 23.3 Å². The molecule has 2 N–H and O–H groups in total. The minimum absolute atomic E-state index is 0.111. The number of rotatable bonds is 9. The van der Waals surface area contributed by atoms with Crippen molar-refractivity contribution < 1.29 is 19.4 Å². The SMILES string of the molecule is CCC(C)Oc1ccccc1CC(O)CNC(=O)OCc1ccccc1. The lowest BCUT2D eigenvalue weighted by Gasteiger charge is -2.18. The van der Waals surface area contributed by atoms with E-state index in [0.29, 0.717) is 6.42 Å². The fraction of sp³-hybridized carbons (Fsp3) is 0.381. The van der Waals surface area contributed by atoms with Crippen LogP contribution >= 0.6 is 0 Å². The quantitative estimate of drug-likeness (QED) is 0.718. The summed E-state index contributed by atoms with van der Waals surface area (Å²) in [5.41, 5.74) is 1.83. The van der Waals surface area contributed by atoms with Crippen molar-refractivity contribution in [1.82, 2.24) is 5.32 Å². The molecule has 5 heteroatoms. The van der Waals surface area contributed by atoms with Crippen molar-refractivity contribution in [2.45, 2.75) is 45.5 Å². The highest BCUT2D eigenvalue weighted by atomic mass is 16.5. The van der Waals surface area contributed by atoms with Crippen molar-refractivity contribution in [3.63, 3.8) is 0 Å². The van der Waals surface area contributed by atoms with Crippen molar-refractivity contribution in [2.24, 2.45) is 0 Å². The van der Waals surface area contributed by atoms with Crippen LogP contribution in [0.1, 0.15) is 31.4 Å². The third-order valence-corrected chi connectivity index (χ3v) is 4.03. The Morgan fingerprint density at radius 2 is 1.81 bits per heavy atom. The van der Waals surface area contributed by atoms with Gasteiger partial charge in [-0.1, -0.05) is 55.5 Å². The van der Waals surface area contributed by atoms with Crippen LogP contribution in [0.3, 0.4) is 0 Å². The molecule has 0 saturated heterocycles. The Bertz CT molecular complexity index is 675. The number of benzene rings is 2. The van der Waals surface area contributed by atoms with Gasteiger partial charge in [0.1, 0.15) is 12.4 Å². The zero-order chi connectivity index (χ0) is 18.8. The second-order valence-corrected chi connectivity index (χ2v) is 6.25. The molecule has 0 aliphatic heterocycles. The minimum Gasteiger partial charge on any atom is -0.490 e. The van der Waals surface area contributed by atoms with E-state index in [9.17, 15) is 9.90 Å². The van der Waals surface area contributed by atoms with Crippen molar-refractivity contribution in [3.05, 3.63) is 65.7 Å². The molecule has 5 nitrogen and oxygen atoms in total. The van der Waals surface area contributed by atoms with Gasteiger partial charge in [0.2, 0.25) is 0 Å². The van der Waals surface area contributed by atoms with Crippen LogP contribution < -0.4 is 10.1 Å². The summed E-state index contributed by atoms with van der Waals surface area (Å²) in [7, 11) is 0. The molecule has 0 radical (unpaired) electrons. The summed E-state index contributed by atoms with van der Waals surface area (Å²) in [4.78, 5) is 11.8. The van der Waals surface area contributed by atoms with Gasteiger partial charge in [-0.15, -0.1) is 0 Å². The molecule has 0 aliphatic rings. The number of alkyl carbamates (subject to hydrolysis) is 1. The molecule has 0 bridgehead atoms. The summed E-state index contributed by atoms with van der Waals surface area (Å²) >= 11 is 0. The Hall–Kier alpha value is -2.53. The molecule has 0 aromatic heterocycles. The molecule has 2 rings (SSSR count). The molecule has 0 aliphatic carbocycles. The molecule has 0 spiro atoms. The number of nitrogens with one attached hydrogen (secondary N) is 1. The number of aliphatic hydroxyl groups excluding tert-OH is 1. The summed E-state index contributed by atoms with van der Waals surface area (Å²) in [5.74, 6) is 0.771. The van der Waals surface area contributed by atoms with E-state index in [1.54, 1.807) is 0 Å². The monoisotopic (exact) mass is 357 g/mol. The maximum Gasteiger partial charge on any atom is 0.407 e. The molecule has 2 unspecified atom stereocenters. The number of hydrogen-bond acceptors (Lipinski definition) is 4. The van der Waals surface area contributed by atoms with Crippen molar-refractivity contribution >= 4 is 6.09 Å². The number of ether oxygens (including phenoxy) is 2. The van der Waals surface area contributed by atoms with E-state index >= 15 is 0 Å². The summed E-state index contributed by atoms with van der Waals surface area (Å²) < 4.78 is 11.0. The van der Waals surface area contributed by atoms with Gasteiger partial charge in [-0.25, -0.2) is 4.79 Å². The third kappa shape index (κ3) is 6.76. The Balaban J connectivity index is 1.78. The van der Waals surface area contributed by atoms with E-state index in [1.807, 2.05) is 61.5 Å². The number of carbonyl (C=O) groups is 1. The molecule has 0 heterocycles. The highest BCUT2D eigenvalue weighted by molar-refractivity contribution is 5.67. The van der Waals surface area contributed by atoms with Crippen LogP contribution in [-0.2, 0) is 17.8 Å². The predicted octanol–water partition coefficient (Wildman–Crippen LogP) is 3.69. The zero-order valence-corrected chi connectivity index (χ0v) is 15.4. The first kappa shape index (κ1) is 19.8. The molecular formula is C21H27NO4. The van der Waals surface area contributed by atoms with Gasteiger partial charge in [0.15, 0.2) is 0 Å². The van der Waals surface area contributed by atoms with E-state index in [4.69, 9.17) is 9.47 Å². The van der Waals surface area contributed by atoms with Crippen molar-refractivity contribution in [3.8, 4) is 5.75 Å². The van der Waals surface area contributed by atoms with Gasteiger partial charge in [-0.3, -0.25) is 0 Å². The highest BCUT2D eigenvalue weighted by Crippen LogP contribution is 2.21. The van der Waals surface area contributed by atoms with Gasteiger partial charge < -0.3 is 19.9 Å². The Morgan fingerprint density at radius 3 is 2.54 bits per heavy atom. The molecule has 0 fully saturated rings.